The summed E-state index contributed by atoms with van der Waals surface area (Å²) in [5.41, 5.74) is 1.55. The fourth-order valence-electron chi connectivity index (χ4n) is 2.86. The van der Waals surface area contributed by atoms with Crippen LogP contribution in [0.3, 0.4) is 0 Å². The molecule has 1 fully saturated rings. The van der Waals surface area contributed by atoms with Crippen molar-refractivity contribution in [2.45, 2.75) is 46.6 Å². The van der Waals surface area contributed by atoms with E-state index in [-0.39, 0.29) is 11.8 Å². The van der Waals surface area contributed by atoms with E-state index in [9.17, 15) is 9.59 Å². The number of halogens is 1. The van der Waals surface area contributed by atoms with Crippen LogP contribution in [0, 0.1) is 12.8 Å². The number of rotatable bonds is 7. The van der Waals surface area contributed by atoms with Crippen molar-refractivity contribution in [3.63, 3.8) is 0 Å². The molecule has 1 aliphatic heterocycles. The second kappa shape index (κ2) is 9.04. The van der Waals surface area contributed by atoms with Gasteiger partial charge in [0.15, 0.2) is 0 Å². The minimum Gasteiger partial charge on any atom is -0.352 e. The second-order valence-electron chi connectivity index (χ2n) is 6.83. The number of nitrogens with one attached hydrogen (secondary N) is 1. The number of nitrogens with zero attached hydrogens (tertiary/aromatic N) is 3. The average Bonchev–Trinajstić information content (AvgIpc) is 3.15. The lowest BCUT2D eigenvalue weighted by Crippen LogP contribution is -2.32. The third-order valence-electron chi connectivity index (χ3n) is 4.15. The average molecular weight is 367 g/mol. The molecule has 6 nitrogen and oxygen atoms in total. The third kappa shape index (κ3) is 5.59. The highest BCUT2D eigenvalue weighted by Crippen LogP contribution is 2.22. The van der Waals surface area contributed by atoms with Gasteiger partial charge in [-0.3, -0.25) is 14.3 Å². The van der Waals surface area contributed by atoms with E-state index in [0.717, 1.165) is 43.7 Å². The molecule has 138 valence electrons. The zero-order valence-electron chi connectivity index (χ0n) is 15.2. The van der Waals surface area contributed by atoms with Crippen LogP contribution in [0.25, 0.3) is 6.08 Å². The molecule has 25 heavy (non-hydrogen) atoms. The molecule has 1 aromatic heterocycles. The molecular weight excluding hydrogens is 340 g/mol. The van der Waals surface area contributed by atoms with Crippen molar-refractivity contribution >= 4 is 29.5 Å². The SMILES string of the molecule is Cc1nn(CC(C)C)c(Cl)c1/C=C/C(=O)NCCC(=O)N1CCCC1. The molecule has 1 N–H and O–H groups in total. The number of aryl methyl sites for hydroxylation is 1. The molecule has 0 saturated carbocycles. The van der Waals surface area contributed by atoms with E-state index in [1.54, 1.807) is 10.8 Å². The van der Waals surface area contributed by atoms with Crippen LogP contribution < -0.4 is 5.32 Å². The summed E-state index contributed by atoms with van der Waals surface area (Å²) < 4.78 is 1.76. The number of aromatic nitrogens is 2. The van der Waals surface area contributed by atoms with Crippen molar-refractivity contribution in [1.82, 2.24) is 20.0 Å². The van der Waals surface area contributed by atoms with Crippen LogP contribution in [-0.4, -0.2) is 46.1 Å². The molecule has 2 rings (SSSR count). The molecule has 2 heterocycles. The summed E-state index contributed by atoms with van der Waals surface area (Å²) >= 11 is 6.34. The Morgan fingerprint density at radius 3 is 2.64 bits per heavy atom. The first kappa shape index (κ1) is 19.5. The molecule has 1 aromatic rings. The lowest BCUT2D eigenvalue weighted by atomic mass is 10.2. The number of hydrogen-bond donors (Lipinski definition) is 1. The summed E-state index contributed by atoms with van der Waals surface area (Å²) in [5.74, 6) is 0.307. The lowest BCUT2D eigenvalue weighted by molar-refractivity contribution is -0.130. The highest BCUT2D eigenvalue weighted by molar-refractivity contribution is 6.31. The first-order chi connectivity index (χ1) is 11.9. The maximum Gasteiger partial charge on any atom is 0.244 e. The minimum atomic E-state index is -0.235. The van der Waals surface area contributed by atoms with Crippen molar-refractivity contribution in [1.29, 1.82) is 0 Å². The molecule has 7 heteroatoms. The summed E-state index contributed by atoms with van der Waals surface area (Å²) in [5, 5.41) is 7.69. The van der Waals surface area contributed by atoms with Gasteiger partial charge in [-0.25, -0.2) is 0 Å². The number of hydrogen-bond acceptors (Lipinski definition) is 3. The van der Waals surface area contributed by atoms with E-state index < -0.39 is 0 Å². The minimum absolute atomic E-state index is 0.107. The Hall–Kier alpha value is -1.82. The molecule has 0 spiro atoms. The van der Waals surface area contributed by atoms with E-state index in [1.165, 1.54) is 6.08 Å². The van der Waals surface area contributed by atoms with Gasteiger partial charge >= 0.3 is 0 Å². The van der Waals surface area contributed by atoms with Crippen LogP contribution in [0.15, 0.2) is 6.08 Å². The third-order valence-corrected chi connectivity index (χ3v) is 4.54. The van der Waals surface area contributed by atoms with Crippen LogP contribution in [0.1, 0.15) is 44.4 Å². The van der Waals surface area contributed by atoms with E-state index in [0.29, 0.717) is 24.0 Å². The first-order valence-corrected chi connectivity index (χ1v) is 9.23. The molecule has 0 aromatic carbocycles. The van der Waals surface area contributed by atoms with Crippen molar-refractivity contribution in [2.75, 3.05) is 19.6 Å². The van der Waals surface area contributed by atoms with Crippen LogP contribution in [0.4, 0.5) is 0 Å². The summed E-state index contributed by atoms with van der Waals surface area (Å²) in [6, 6.07) is 0. The number of likely N-dealkylation sites (tertiary alicyclic amines) is 1. The predicted molar refractivity (Wildman–Crippen MR) is 99.3 cm³/mol. The monoisotopic (exact) mass is 366 g/mol. The van der Waals surface area contributed by atoms with Gasteiger partial charge in [0.05, 0.1) is 5.69 Å². The van der Waals surface area contributed by atoms with Gasteiger partial charge in [0.2, 0.25) is 11.8 Å². The summed E-state index contributed by atoms with van der Waals surface area (Å²) in [7, 11) is 0. The van der Waals surface area contributed by atoms with Crippen molar-refractivity contribution in [2.24, 2.45) is 5.92 Å². The lowest BCUT2D eigenvalue weighted by Gasteiger charge is -2.14. The standard InChI is InChI=1S/C18H27ClN4O2/c1-13(2)12-23-18(19)15(14(3)21-23)6-7-16(24)20-9-8-17(25)22-10-4-5-11-22/h6-7,13H,4-5,8-12H2,1-3H3,(H,20,24)/b7-6+. The Kier molecular flexibility index (Phi) is 7.05. The highest BCUT2D eigenvalue weighted by atomic mass is 35.5. The van der Waals surface area contributed by atoms with Gasteiger partial charge in [-0.2, -0.15) is 5.10 Å². The Morgan fingerprint density at radius 2 is 2.00 bits per heavy atom. The maximum absolute atomic E-state index is 11.9. The maximum atomic E-state index is 11.9. The Balaban J connectivity index is 1.83. The molecule has 0 radical (unpaired) electrons. The van der Waals surface area contributed by atoms with Gasteiger partial charge in [-0.15, -0.1) is 0 Å². The van der Waals surface area contributed by atoms with E-state index >= 15 is 0 Å². The topological polar surface area (TPSA) is 67.2 Å². The van der Waals surface area contributed by atoms with E-state index in [4.69, 9.17) is 11.6 Å². The van der Waals surface area contributed by atoms with Crippen LogP contribution in [0.2, 0.25) is 5.15 Å². The molecule has 1 aliphatic rings. The Labute approximate surface area is 154 Å². The smallest absolute Gasteiger partial charge is 0.244 e. The first-order valence-electron chi connectivity index (χ1n) is 8.85. The van der Waals surface area contributed by atoms with E-state index in [2.05, 4.69) is 24.3 Å². The molecule has 0 unspecified atom stereocenters. The number of carbonyl (C=O) groups is 2. The largest absolute Gasteiger partial charge is 0.352 e. The number of amides is 2. The van der Waals surface area contributed by atoms with E-state index in [1.807, 2.05) is 11.8 Å². The highest BCUT2D eigenvalue weighted by Gasteiger charge is 2.17. The normalized spacial score (nSPS) is 14.7. The van der Waals surface area contributed by atoms with Crippen LogP contribution >= 0.6 is 11.6 Å². The molecule has 0 aliphatic carbocycles. The molecule has 1 saturated heterocycles. The quantitative estimate of drug-likeness (QED) is 0.754. The second-order valence-corrected chi connectivity index (χ2v) is 7.19. The van der Waals surface area contributed by atoms with Gasteiger partial charge in [0, 0.05) is 44.2 Å². The van der Waals surface area contributed by atoms with Crippen molar-refractivity contribution in [3.05, 3.63) is 22.5 Å². The summed E-state index contributed by atoms with van der Waals surface area (Å²) in [6.07, 6.45) is 5.61. The van der Waals surface area contributed by atoms with Crippen LogP contribution in [-0.2, 0) is 16.1 Å². The molecule has 0 atom stereocenters. The van der Waals surface area contributed by atoms with Gasteiger partial charge in [-0.1, -0.05) is 25.4 Å². The zero-order chi connectivity index (χ0) is 18.4. The van der Waals surface area contributed by atoms with Crippen molar-refractivity contribution in [3.8, 4) is 0 Å². The zero-order valence-corrected chi connectivity index (χ0v) is 16.0. The molecular formula is C18H27ClN4O2. The Bertz CT molecular complexity index is 646. The van der Waals surface area contributed by atoms with Gasteiger partial charge in [-0.05, 0) is 31.8 Å². The van der Waals surface area contributed by atoms with Gasteiger partial charge < -0.3 is 10.2 Å². The summed E-state index contributed by atoms with van der Waals surface area (Å²) in [4.78, 5) is 25.7. The fourth-order valence-corrected chi connectivity index (χ4v) is 3.17. The fraction of sp³-hybridized carbons (Fsp3) is 0.611. The molecule has 2 amide bonds. The molecule has 0 bridgehead atoms. The van der Waals surface area contributed by atoms with Gasteiger partial charge in [0.1, 0.15) is 5.15 Å². The van der Waals surface area contributed by atoms with Crippen LogP contribution in [0.5, 0.6) is 0 Å². The summed E-state index contributed by atoms with van der Waals surface area (Å²) in [6.45, 7) is 8.82. The number of carbonyl (C=O) groups excluding carboxylic acids is 2. The van der Waals surface area contributed by atoms with Crippen molar-refractivity contribution < 1.29 is 9.59 Å². The Morgan fingerprint density at radius 1 is 1.32 bits per heavy atom. The van der Waals surface area contributed by atoms with Gasteiger partial charge in [0.25, 0.3) is 0 Å². The predicted octanol–water partition coefficient (Wildman–Crippen LogP) is 2.64.